The van der Waals surface area contributed by atoms with E-state index in [4.69, 9.17) is 0 Å². The monoisotopic (exact) mass is 242 g/mol. The molecule has 0 spiro atoms. The average molecular weight is 242 g/mol. The molecule has 1 atom stereocenters. The van der Waals surface area contributed by atoms with Crippen LogP contribution < -0.4 is 0 Å². The molecule has 1 heterocycles. The second kappa shape index (κ2) is 5.40. The van der Waals surface area contributed by atoms with Crippen molar-refractivity contribution in [3.8, 4) is 0 Å². The average Bonchev–Trinajstić information content (AvgIpc) is 2.41. The van der Waals surface area contributed by atoms with Crippen molar-refractivity contribution in [3.05, 3.63) is 70.0 Å². The van der Waals surface area contributed by atoms with Gasteiger partial charge in [-0.3, -0.25) is 15.1 Å². The SMILES string of the molecule is CCC(c1ccc([N+](=O)[O-])cc1)c1ccccn1. The van der Waals surface area contributed by atoms with Gasteiger partial charge in [-0.25, -0.2) is 0 Å². The molecule has 0 fully saturated rings. The summed E-state index contributed by atoms with van der Waals surface area (Å²) in [6.07, 6.45) is 2.68. The highest BCUT2D eigenvalue weighted by Crippen LogP contribution is 2.27. The van der Waals surface area contributed by atoms with Crippen molar-refractivity contribution in [1.29, 1.82) is 0 Å². The summed E-state index contributed by atoms with van der Waals surface area (Å²) < 4.78 is 0. The Morgan fingerprint density at radius 3 is 2.44 bits per heavy atom. The van der Waals surface area contributed by atoms with Gasteiger partial charge in [0.1, 0.15) is 0 Å². The molecule has 4 heteroatoms. The van der Waals surface area contributed by atoms with Gasteiger partial charge < -0.3 is 0 Å². The standard InChI is InChI=1S/C14H14N2O2/c1-2-13(14-5-3-4-10-15-14)11-6-8-12(9-7-11)16(17)18/h3-10,13H,2H2,1H3. The molecule has 2 rings (SSSR count). The summed E-state index contributed by atoms with van der Waals surface area (Å²) in [5.74, 6) is 0.187. The van der Waals surface area contributed by atoms with Crippen LogP contribution in [0.25, 0.3) is 0 Å². The van der Waals surface area contributed by atoms with E-state index >= 15 is 0 Å². The molecule has 18 heavy (non-hydrogen) atoms. The molecule has 0 aliphatic heterocycles. The first-order valence-corrected chi connectivity index (χ1v) is 5.87. The van der Waals surface area contributed by atoms with E-state index in [0.29, 0.717) is 0 Å². The highest BCUT2D eigenvalue weighted by Gasteiger charge is 2.14. The van der Waals surface area contributed by atoms with Gasteiger partial charge in [-0.2, -0.15) is 0 Å². The van der Waals surface area contributed by atoms with Gasteiger partial charge in [-0.05, 0) is 24.1 Å². The number of benzene rings is 1. The zero-order chi connectivity index (χ0) is 13.0. The van der Waals surface area contributed by atoms with Gasteiger partial charge in [-0.1, -0.05) is 25.1 Å². The lowest BCUT2D eigenvalue weighted by molar-refractivity contribution is -0.384. The third kappa shape index (κ3) is 2.53. The highest BCUT2D eigenvalue weighted by atomic mass is 16.6. The Morgan fingerprint density at radius 2 is 1.94 bits per heavy atom. The van der Waals surface area contributed by atoms with Gasteiger partial charge in [0, 0.05) is 29.9 Å². The zero-order valence-corrected chi connectivity index (χ0v) is 10.1. The fourth-order valence-corrected chi connectivity index (χ4v) is 2.03. The largest absolute Gasteiger partial charge is 0.269 e. The third-order valence-corrected chi connectivity index (χ3v) is 2.96. The molecule has 1 unspecified atom stereocenters. The number of nitro groups is 1. The van der Waals surface area contributed by atoms with E-state index in [-0.39, 0.29) is 16.5 Å². The molecule has 0 radical (unpaired) electrons. The number of rotatable bonds is 4. The molecule has 92 valence electrons. The predicted molar refractivity (Wildman–Crippen MR) is 69.5 cm³/mol. The van der Waals surface area contributed by atoms with Crippen LogP contribution in [0.3, 0.4) is 0 Å². The highest BCUT2D eigenvalue weighted by molar-refractivity contribution is 5.37. The lowest BCUT2D eigenvalue weighted by atomic mass is 9.92. The Kier molecular flexibility index (Phi) is 3.67. The molecule has 0 bridgehead atoms. The van der Waals surface area contributed by atoms with Gasteiger partial charge in [0.15, 0.2) is 0 Å². The normalized spacial score (nSPS) is 12.1. The number of aromatic nitrogens is 1. The van der Waals surface area contributed by atoms with Crippen molar-refractivity contribution in [2.45, 2.75) is 19.3 Å². The minimum Gasteiger partial charge on any atom is -0.261 e. The van der Waals surface area contributed by atoms with Crippen LogP contribution in [0, 0.1) is 10.1 Å². The Labute approximate surface area is 105 Å². The van der Waals surface area contributed by atoms with Gasteiger partial charge in [0.05, 0.1) is 4.92 Å². The summed E-state index contributed by atoms with van der Waals surface area (Å²) >= 11 is 0. The zero-order valence-electron chi connectivity index (χ0n) is 10.1. The van der Waals surface area contributed by atoms with Gasteiger partial charge in [0.25, 0.3) is 5.69 Å². The van der Waals surface area contributed by atoms with Crippen LogP contribution in [-0.2, 0) is 0 Å². The van der Waals surface area contributed by atoms with E-state index < -0.39 is 0 Å². The van der Waals surface area contributed by atoms with Crippen LogP contribution in [0.5, 0.6) is 0 Å². The van der Waals surface area contributed by atoms with E-state index in [1.54, 1.807) is 30.5 Å². The fourth-order valence-electron chi connectivity index (χ4n) is 2.03. The molecule has 0 N–H and O–H groups in total. The molecule has 0 aliphatic carbocycles. The van der Waals surface area contributed by atoms with Crippen molar-refractivity contribution >= 4 is 5.69 Å². The molecule has 0 saturated carbocycles. The molecule has 0 saturated heterocycles. The molecule has 4 nitrogen and oxygen atoms in total. The number of nitrogens with zero attached hydrogens (tertiary/aromatic N) is 2. The third-order valence-electron chi connectivity index (χ3n) is 2.96. The first kappa shape index (κ1) is 12.2. The van der Waals surface area contributed by atoms with Crippen LogP contribution in [0.4, 0.5) is 5.69 Å². The fraction of sp³-hybridized carbons (Fsp3) is 0.214. The molecular weight excluding hydrogens is 228 g/mol. The van der Waals surface area contributed by atoms with Crippen molar-refractivity contribution < 1.29 is 4.92 Å². The summed E-state index contributed by atoms with van der Waals surface area (Å²) in [7, 11) is 0. The Morgan fingerprint density at radius 1 is 1.22 bits per heavy atom. The van der Waals surface area contributed by atoms with Crippen molar-refractivity contribution in [2.75, 3.05) is 0 Å². The van der Waals surface area contributed by atoms with E-state index in [2.05, 4.69) is 11.9 Å². The Hall–Kier alpha value is -2.23. The predicted octanol–water partition coefficient (Wildman–Crippen LogP) is 3.53. The minimum atomic E-state index is -0.383. The number of pyridine rings is 1. The van der Waals surface area contributed by atoms with Crippen LogP contribution in [0.2, 0.25) is 0 Å². The molecule has 1 aromatic carbocycles. The van der Waals surface area contributed by atoms with Gasteiger partial charge >= 0.3 is 0 Å². The summed E-state index contributed by atoms with van der Waals surface area (Å²) in [5.41, 5.74) is 2.17. The second-order valence-corrected chi connectivity index (χ2v) is 4.06. The Bertz CT molecular complexity index is 523. The van der Waals surface area contributed by atoms with Crippen molar-refractivity contribution in [3.63, 3.8) is 0 Å². The Balaban J connectivity index is 2.31. The molecule has 0 amide bonds. The summed E-state index contributed by atoms with van der Waals surface area (Å²) in [6, 6.07) is 12.5. The van der Waals surface area contributed by atoms with E-state index in [1.165, 1.54) is 0 Å². The second-order valence-electron chi connectivity index (χ2n) is 4.06. The molecule has 2 aromatic rings. The quantitative estimate of drug-likeness (QED) is 0.608. The number of nitro benzene ring substituents is 1. The number of hydrogen-bond donors (Lipinski definition) is 0. The van der Waals surface area contributed by atoms with Crippen molar-refractivity contribution in [1.82, 2.24) is 4.98 Å². The lowest BCUT2D eigenvalue weighted by Crippen LogP contribution is -2.02. The summed E-state index contributed by atoms with van der Waals surface area (Å²) in [5, 5.41) is 10.6. The maximum Gasteiger partial charge on any atom is 0.269 e. The van der Waals surface area contributed by atoms with Crippen LogP contribution in [0.1, 0.15) is 30.5 Å². The maximum atomic E-state index is 10.6. The van der Waals surface area contributed by atoms with E-state index in [9.17, 15) is 10.1 Å². The van der Waals surface area contributed by atoms with Crippen LogP contribution in [0.15, 0.2) is 48.7 Å². The summed E-state index contributed by atoms with van der Waals surface area (Å²) in [6.45, 7) is 2.08. The molecular formula is C14H14N2O2. The minimum absolute atomic E-state index is 0.120. The molecule has 1 aromatic heterocycles. The van der Waals surface area contributed by atoms with E-state index in [0.717, 1.165) is 17.7 Å². The summed E-state index contributed by atoms with van der Waals surface area (Å²) in [4.78, 5) is 14.6. The number of non-ortho nitro benzene ring substituents is 1. The maximum absolute atomic E-state index is 10.6. The first-order valence-electron chi connectivity index (χ1n) is 5.87. The first-order chi connectivity index (χ1) is 8.72. The van der Waals surface area contributed by atoms with Crippen molar-refractivity contribution in [2.24, 2.45) is 0 Å². The van der Waals surface area contributed by atoms with Gasteiger partial charge in [0.2, 0.25) is 0 Å². The van der Waals surface area contributed by atoms with Crippen LogP contribution >= 0.6 is 0 Å². The smallest absolute Gasteiger partial charge is 0.261 e. The van der Waals surface area contributed by atoms with E-state index in [1.807, 2.05) is 18.2 Å². The van der Waals surface area contributed by atoms with Crippen LogP contribution in [-0.4, -0.2) is 9.91 Å². The number of hydrogen-bond acceptors (Lipinski definition) is 3. The lowest BCUT2D eigenvalue weighted by Gasteiger charge is -2.14. The topological polar surface area (TPSA) is 56.0 Å². The molecule has 0 aliphatic rings. The van der Waals surface area contributed by atoms with Gasteiger partial charge in [-0.15, -0.1) is 0 Å².